The zero-order valence-electron chi connectivity index (χ0n) is 33.7. The van der Waals surface area contributed by atoms with E-state index in [0.717, 1.165) is 72.3 Å². The minimum absolute atomic E-state index is 0.472. The van der Waals surface area contributed by atoms with Crippen LogP contribution in [0.25, 0.3) is 89.2 Å². The molecule has 0 bridgehead atoms. The van der Waals surface area contributed by atoms with Crippen molar-refractivity contribution in [1.82, 2.24) is 9.97 Å². The predicted molar refractivity (Wildman–Crippen MR) is 254 cm³/mol. The van der Waals surface area contributed by atoms with Crippen molar-refractivity contribution in [1.29, 1.82) is 0 Å². The molecule has 0 spiro atoms. The van der Waals surface area contributed by atoms with Crippen molar-refractivity contribution in [3.63, 3.8) is 0 Å². The van der Waals surface area contributed by atoms with Gasteiger partial charge in [-0.1, -0.05) is 200 Å². The van der Waals surface area contributed by atoms with Crippen LogP contribution in [0.5, 0.6) is 0 Å². The molecule has 1 aliphatic rings. The van der Waals surface area contributed by atoms with Crippen molar-refractivity contribution in [2.24, 2.45) is 0 Å². The van der Waals surface area contributed by atoms with E-state index in [0.29, 0.717) is 5.82 Å². The Hall–Kier alpha value is -8.14. The molecule has 0 N–H and O–H groups in total. The van der Waals surface area contributed by atoms with Gasteiger partial charge in [-0.3, -0.25) is 0 Å². The molecule has 3 heteroatoms. The van der Waals surface area contributed by atoms with E-state index in [1.807, 2.05) is 30.3 Å². The van der Waals surface area contributed by atoms with E-state index in [1.165, 1.54) is 33.4 Å². The highest BCUT2D eigenvalue weighted by molar-refractivity contribution is 6.07. The van der Waals surface area contributed by atoms with Gasteiger partial charge in [-0.05, 0) is 86.0 Å². The van der Waals surface area contributed by atoms with Crippen LogP contribution < -0.4 is 0 Å². The zero-order chi connectivity index (χ0) is 41.0. The lowest BCUT2D eigenvalue weighted by molar-refractivity contribution is 0.669. The number of rotatable bonds is 7. The highest BCUT2D eigenvalue weighted by atomic mass is 16.3. The first-order valence-electron chi connectivity index (χ1n) is 21.1. The molecule has 9 aromatic carbocycles. The van der Waals surface area contributed by atoms with E-state index in [-0.39, 0.29) is 0 Å². The highest BCUT2D eigenvalue weighted by Crippen LogP contribution is 2.56. The molecule has 2 aromatic heterocycles. The average molecular weight is 791 g/mol. The summed E-state index contributed by atoms with van der Waals surface area (Å²) < 4.78 is 6.21. The second-order valence-electron chi connectivity index (χ2n) is 16.0. The van der Waals surface area contributed by atoms with Gasteiger partial charge >= 0.3 is 0 Å². The zero-order valence-corrected chi connectivity index (χ0v) is 33.7. The van der Waals surface area contributed by atoms with Gasteiger partial charge in [0.25, 0.3) is 0 Å². The van der Waals surface area contributed by atoms with Crippen LogP contribution in [0, 0.1) is 0 Å². The summed E-state index contributed by atoms with van der Waals surface area (Å²) in [6.45, 7) is 0. The molecule has 0 saturated carbocycles. The van der Waals surface area contributed by atoms with Gasteiger partial charge in [0.05, 0.1) is 16.8 Å². The van der Waals surface area contributed by atoms with Crippen LogP contribution in [0.4, 0.5) is 0 Å². The molecule has 0 radical (unpaired) electrons. The molecular formula is C59H38N2O. The summed E-state index contributed by atoms with van der Waals surface area (Å²) in [5.41, 5.74) is 18.1. The van der Waals surface area contributed by atoms with Gasteiger partial charge in [0.1, 0.15) is 11.2 Å². The number of aromatic nitrogens is 2. The Morgan fingerprint density at radius 2 is 0.839 bits per heavy atom. The molecule has 0 fully saturated rings. The molecular weight excluding hydrogens is 753 g/mol. The third kappa shape index (κ3) is 5.67. The van der Waals surface area contributed by atoms with E-state index < -0.39 is 5.41 Å². The van der Waals surface area contributed by atoms with Crippen molar-refractivity contribution >= 4 is 21.9 Å². The molecule has 290 valence electrons. The first-order valence-corrected chi connectivity index (χ1v) is 21.1. The van der Waals surface area contributed by atoms with Gasteiger partial charge in [0.2, 0.25) is 0 Å². The van der Waals surface area contributed by atoms with Gasteiger partial charge < -0.3 is 4.42 Å². The quantitative estimate of drug-likeness (QED) is 0.161. The fourth-order valence-corrected chi connectivity index (χ4v) is 9.86. The van der Waals surface area contributed by atoms with Crippen LogP contribution >= 0.6 is 0 Å². The number of fused-ring (bicyclic) bond motifs is 6. The molecule has 11 aromatic rings. The van der Waals surface area contributed by atoms with Crippen molar-refractivity contribution in [3.8, 4) is 67.3 Å². The minimum atomic E-state index is -0.472. The van der Waals surface area contributed by atoms with E-state index in [4.69, 9.17) is 14.4 Å². The second kappa shape index (κ2) is 14.5. The average Bonchev–Trinajstić information content (AvgIpc) is 3.88. The summed E-state index contributed by atoms with van der Waals surface area (Å²) in [4.78, 5) is 10.7. The first-order chi connectivity index (χ1) is 30.7. The fourth-order valence-electron chi connectivity index (χ4n) is 9.86. The molecule has 0 atom stereocenters. The van der Waals surface area contributed by atoms with Crippen LogP contribution in [-0.2, 0) is 5.41 Å². The summed E-state index contributed by atoms with van der Waals surface area (Å²) >= 11 is 0. The molecule has 0 saturated heterocycles. The largest absolute Gasteiger partial charge is 0.456 e. The maximum absolute atomic E-state index is 6.21. The molecule has 0 amide bonds. The third-order valence-electron chi connectivity index (χ3n) is 12.6. The van der Waals surface area contributed by atoms with Crippen LogP contribution in [0.15, 0.2) is 235 Å². The van der Waals surface area contributed by atoms with E-state index >= 15 is 0 Å². The Balaban J connectivity index is 1.04. The Labute approximate surface area is 360 Å². The number of para-hydroxylation sites is 1. The van der Waals surface area contributed by atoms with E-state index in [9.17, 15) is 0 Å². The van der Waals surface area contributed by atoms with Gasteiger partial charge in [-0.15, -0.1) is 0 Å². The Kier molecular flexibility index (Phi) is 8.39. The number of nitrogens with zero attached hydrogens (tertiary/aromatic N) is 2. The lowest BCUT2D eigenvalue weighted by Crippen LogP contribution is -2.28. The van der Waals surface area contributed by atoms with E-state index in [2.05, 4.69) is 200 Å². The van der Waals surface area contributed by atoms with Crippen molar-refractivity contribution in [3.05, 3.63) is 253 Å². The minimum Gasteiger partial charge on any atom is -0.456 e. The van der Waals surface area contributed by atoms with Crippen LogP contribution in [0.3, 0.4) is 0 Å². The number of furan rings is 1. The lowest BCUT2D eigenvalue weighted by Gasteiger charge is -2.33. The number of hydrogen-bond donors (Lipinski definition) is 0. The summed E-state index contributed by atoms with van der Waals surface area (Å²) in [5, 5.41) is 2.22. The lowest BCUT2D eigenvalue weighted by atomic mass is 9.67. The predicted octanol–water partition coefficient (Wildman–Crippen LogP) is 15.1. The van der Waals surface area contributed by atoms with Gasteiger partial charge in [-0.25, -0.2) is 9.97 Å². The Morgan fingerprint density at radius 1 is 0.306 bits per heavy atom. The van der Waals surface area contributed by atoms with Crippen LogP contribution in [0.1, 0.15) is 22.3 Å². The van der Waals surface area contributed by atoms with Gasteiger partial charge in [0.15, 0.2) is 5.82 Å². The van der Waals surface area contributed by atoms with E-state index in [1.54, 1.807) is 0 Å². The van der Waals surface area contributed by atoms with Crippen molar-refractivity contribution in [2.45, 2.75) is 5.41 Å². The topological polar surface area (TPSA) is 38.9 Å². The molecule has 62 heavy (non-hydrogen) atoms. The third-order valence-corrected chi connectivity index (χ3v) is 12.6. The Morgan fingerprint density at radius 3 is 1.58 bits per heavy atom. The highest BCUT2D eigenvalue weighted by Gasteiger charge is 2.46. The Bertz CT molecular complexity index is 3420. The summed E-state index contributed by atoms with van der Waals surface area (Å²) in [5.74, 6) is 0.683. The maximum Gasteiger partial charge on any atom is 0.160 e. The fraction of sp³-hybridized carbons (Fsp3) is 0.0169. The number of benzene rings is 9. The molecule has 1 aliphatic carbocycles. The molecule has 12 rings (SSSR count). The molecule has 0 unspecified atom stereocenters. The van der Waals surface area contributed by atoms with Gasteiger partial charge in [-0.2, -0.15) is 0 Å². The SMILES string of the molecule is c1ccc(-c2nc(-c3ccc4c(c3)-c3ccccc3C4(c3ccccc3)c3ccccc3)cc(-c3ccccc3-c3ccccc3-c3ccc4oc5ccccc5c4c3)n2)cc1. The summed E-state index contributed by atoms with van der Waals surface area (Å²) in [6.07, 6.45) is 0. The van der Waals surface area contributed by atoms with Crippen LogP contribution in [-0.4, -0.2) is 9.97 Å². The molecule has 3 nitrogen and oxygen atoms in total. The molecule has 0 aliphatic heterocycles. The monoisotopic (exact) mass is 790 g/mol. The second-order valence-corrected chi connectivity index (χ2v) is 16.0. The van der Waals surface area contributed by atoms with Crippen molar-refractivity contribution < 1.29 is 4.42 Å². The summed E-state index contributed by atoms with van der Waals surface area (Å²) in [6, 6.07) is 82.2. The van der Waals surface area contributed by atoms with Gasteiger partial charge in [0, 0.05) is 27.5 Å². The molecule has 2 heterocycles. The number of hydrogen-bond acceptors (Lipinski definition) is 3. The smallest absolute Gasteiger partial charge is 0.160 e. The van der Waals surface area contributed by atoms with Crippen molar-refractivity contribution in [2.75, 3.05) is 0 Å². The first kappa shape index (κ1) is 35.8. The maximum atomic E-state index is 6.21. The normalized spacial score (nSPS) is 12.6. The summed E-state index contributed by atoms with van der Waals surface area (Å²) in [7, 11) is 0. The van der Waals surface area contributed by atoms with Crippen LogP contribution in [0.2, 0.25) is 0 Å². The standard InChI is InChI=1S/C59H38N2O/c1-4-18-39(19-5-1)58-60-54(41-32-34-53-50(37-41)47-27-14-16-30-52(47)59(53,42-20-6-2-7-21-42)43-22-8-3-9-23-43)38-55(61-58)48-28-13-12-26-46(48)45-25-11-10-24-44(45)40-33-35-57-51(36-40)49-29-15-17-31-56(49)62-57/h1-38H.